The minimum atomic E-state index is -0.0443. The van der Waals surface area contributed by atoms with Gasteiger partial charge in [0.1, 0.15) is 5.82 Å². The van der Waals surface area contributed by atoms with Crippen LogP contribution in [0.4, 0.5) is 5.69 Å². The summed E-state index contributed by atoms with van der Waals surface area (Å²) in [7, 11) is 0. The molecule has 0 unspecified atom stereocenters. The maximum atomic E-state index is 12.8. The molecule has 1 N–H and O–H groups in total. The Morgan fingerprint density at radius 3 is 2.39 bits per heavy atom. The molecule has 3 aromatic rings. The highest BCUT2D eigenvalue weighted by Gasteiger charge is 2.21. The van der Waals surface area contributed by atoms with Gasteiger partial charge in [0.05, 0.1) is 18.8 Å². The van der Waals surface area contributed by atoms with Crippen LogP contribution in [0.25, 0.3) is 0 Å². The number of thioether (sulfide) groups is 1. The highest BCUT2D eigenvalue weighted by molar-refractivity contribution is 7.99. The van der Waals surface area contributed by atoms with E-state index in [0.29, 0.717) is 6.54 Å². The lowest BCUT2D eigenvalue weighted by molar-refractivity contribution is -0.113. The molecule has 0 radical (unpaired) electrons. The van der Waals surface area contributed by atoms with Gasteiger partial charge in [-0.05, 0) is 48.5 Å². The van der Waals surface area contributed by atoms with E-state index in [-0.39, 0.29) is 17.1 Å². The Kier molecular flexibility index (Phi) is 7.50. The molecule has 0 saturated carbocycles. The predicted octanol–water partition coefficient (Wildman–Crippen LogP) is 4.95. The van der Waals surface area contributed by atoms with E-state index in [0.717, 1.165) is 41.9 Å². The Morgan fingerprint density at radius 2 is 1.67 bits per heavy atom. The van der Waals surface area contributed by atoms with Crippen LogP contribution in [0.1, 0.15) is 50.6 Å². The van der Waals surface area contributed by atoms with Crippen molar-refractivity contribution < 1.29 is 4.79 Å². The zero-order chi connectivity index (χ0) is 23.3. The Hall–Kier alpha value is -2.64. The number of amides is 1. The molecule has 1 aliphatic rings. The Morgan fingerprint density at radius 1 is 0.970 bits per heavy atom. The lowest BCUT2D eigenvalue weighted by Crippen LogP contribution is -2.22. The van der Waals surface area contributed by atoms with E-state index >= 15 is 0 Å². The lowest BCUT2D eigenvalue weighted by atomic mass is 9.86. The number of para-hydroxylation sites is 1. The lowest BCUT2D eigenvalue weighted by Gasteiger charge is -2.23. The first-order chi connectivity index (χ1) is 15.9. The van der Waals surface area contributed by atoms with Crippen LogP contribution in [0, 0.1) is 0 Å². The van der Waals surface area contributed by atoms with E-state index in [1.165, 1.54) is 30.2 Å². The first-order valence-electron chi connectivity index (χ1n) is 11.6. The molecular formula is C26H33N5OS. The second-order valence-corrected chi connectivity index (χ2v) is 10.5. The van der Waals surface area contributed by atoms with Crippen molar-refractivity contribution in [3.63, 3.8) is 0 Å². The van der Waals surface area contributed by atoms with Gasteiger partial charge in [-0.25, -0.2) is 0 Å². The molecule has 1 fully saturated rings. The number of likely N-dealkylation sites (tertiary alicyclic amines) is 1. The minimum Gasteiger partial charge on any atom is -0.325 e. The fourth-order valence-corrected chi connectivity index (χ4v) is 4.93. The number of aromatic nitrogens is 3. The number of anilines is 1. The van der Waals surface area contributed by atoms with Crippen molar-refractivity contribution in [2.45, 2.75) is 57.3 Å². The van der Waals surface area contributed by atoms with Gasteiger partial charge in [0.2, 0.25) is 5.91 Å². The highest BCUT2D eigenvalue weighted by Crippen LogP contribution is 2.29. The summed E-state index contributed by atoms with van der Waals surface area (Å²) in [6.45, 7) is 10.2. The van der Waals surface area contributed by atoms with Crippen LogP contribution in [-0.4, -0.2) is 44.4 Å². The van der Waals surface area contributed by atoms with E-state index in [2.05, 4.69) is 64.0 Å². The van der Waals surface area contributed by atoms with Gasteiger partial charge in [-0.15, -0.1) is 10.2 Å². The molecule has 2 heterocycles. The van der Waals surface area contributed by atoms with Gasteiger partial charge >= 0.3 is 0 Å². The Labute approximate surface area is 200 Å². The second-order valence-electron chi connectivity index (χ2n) is 9.59. The normalized spacial score (nSPS) is 14.5. The molecule has 1 amide bonds. The van der Waals surface area contributed by atoms with Crippen molar-refractivity contribution in [3.8, 4) is 0 Å². The number of carbonyl (C=O) groups is 1. The number of nitrogens with one attached hydrogen (secondary N) is 1. The smallest absolute Gasteiger partial charge is 0.234 e. The fraction of sp³-hybridized carbons (Fsp3) is 0.423. The molecule has 1 saturated heterocycles. The summed E-state index contributed by atoms with van der Waals surface area (Å²) in [5, 5.41) is 12.8. The van der Waals surface area contributed by atoms with Crippen LogP contribution in [-0.2, 0) is 23.3 Å². The third-order valence-corrected chi connectivity index (χ3v) is 6.85. The molecular weight excluding hydrogens is 430 g/mol. The first kappa shape index (κ1) is 23.5. The van der Waals surface area contributed by atoms with Crippen molar-refractivity contribution in [2.24, 2.45) is 0 Å². The molecule has 0 spiro atoms. The van der Waals surface area contributed by atoms with Gasteiger partial charge in [0.15, 0.2) is 5.16 Å². The molecule has 4 rings (SSSR count). The van der Waals surface area contributed by atoms with Crippen molar-refractivity contribution >= 4 is 23.4 Å². The average Bonchev–Trinajstić information content (AvgIpc) is 3.43. The van der Waals surface area contributed by atoms with Gasteiger partial charge in [0.25, 0.3) is 0 Å². The van der Waals surface area contributed by atoms with Crippen LogP contribution < -0.4 is 5.32 Å². The maximum absolute atomic E-state index is 12.8. The van der Waals surface area contributed by atoms with E-state index in [1.54, 1.807) is 0 Å². The molecule has 174 valence electrons. The van der Waals surface area contributed by atoms with Gasteiger partial charge in [0, 0.05) is 5.69 Å². The highest BCUT2D eigenvalue weighted by atomic mass is 32.2. The fourth-order valence-electron chi connectivity index (χ4n) is 4.17. The quantitative estimate of drug-likeness (QED) is 0.479. The summed E-state index contributed by atoms with van der Waals surface area (Å²) in [6.07, 6.45) is 2.48. The third-order valence-electron chi connectivity index (χ3n) is 5.88. The Balaban J connectivity index is 1.47. The summed E-state index contributed by atoms with van der Waals surface area (Å²) in [5.74, 6) is 1.21. The number of benzene rings is 2. The number of hydrogen-bond acceptors (Lipinski definition) is 5. The van der Waals surface area contributed by atoms with Crippen LogP contribution in [0.15, 0.2) is 59.8 Å². The van der Waals surface area contributed by atoms with Crippen LogP contribution >= 0.6 is 11.8 Å². The van der Waals surface area contributed by atoms with Gasteiger partial charge in [-0.2, -0.15) is 0 Å². The average molecular weight is 464 g/mol. The van der Waals surface area contributed by atoms with Crippen molar-refractivity contribution in [1.82, 2.24) is 19.7 Å². The van der Waals surface area contributed by atoms with Crippen molar-refractivity contribution in [2.75, 3.05) is 24.2 Å². The second kappa shape index (κ2) is 10.5. The Bertz CT molecular complexity index is 1070. The monoisotopic (exact) mass is 463 g/mol. The van der Waals surface area contributed by atoms with Crippen LogP contribution in [0.3, 0.4) is 0 Å². The predicted molar refractivity (Wildman–Crippen MR) is 135 cm³/mol. The number of hydrogen-bond donors (Lipinski definition) is 1. The molecule has 2 aromatic carbocycles. The van der Waals surface area contributed by atoms with Gasteiger partial charge in [-0.3, -0.25) is 9.69 Å². The van der Waals surface area contributed by atoms with Crippen molar-refractivity contribution in [3.05, 3.63) is 71.5 Å². The molecule has 1 aliphatic heterocycles. The number of rotatable bonds is 8. The van der Waals surface area contributed by atoms with Crippen LogP contribution in [0.5, 0.6) is 0 Å². The molecule has 7 heteroatoms. The SMILES string of the molecule is CC(C)(C)c1ccccc1NC(=O)CSc1nnc(CN2CCCC2)n1Cc1ccccc1. The van der Waals surface area contributed by atoms with Gasteiger partial charge in [-0.1, -0.05) is 81.1 Å². The van der Waals surface area contributed by atoms with E-state index in [4.69, 9.17) is 0 Å². The molecule has 0 atom stereocenters. The standard InChI is InChI=1S/C26H33N5OS/c1-26(2,3)21-13-7-8-14-22(21)27-24(32)19-33-25-29-28-23(18-30-15-9-10-16-30)31(25)17-20-11-5-4-6-12-20/h4-8,11-14H,9-10,15-19H2,1-3H3,(H,27,32). The molecule has 1 aromatic heterocycles. The maximum Gasteiger partial charge on any atom is 0.234 e. The topological polar surface area (TPSA) is 63.1 Å². The van der Waals surface area contributed by atoms with Crippen molar-refractivity contribution in [1.29, 1.82) is 0 Å². The molecule has 33 heavy (non-hydrogen) atoms. The molecule has 6 nitrogen and oxygen atoms in total. The summed E-state index contributed by atoms with van der Waals surface area (Å²) in [4.78, 5) is 15.2. The van der Waals surface area contributed by atoms with E-state index in [9.17, 15) is 4.79 Å². The van der Waals surface area contributed by atoms with Crippen LogP contribution in [0.2, 0.25) is 0 Å². The summed E-state index contributed by atoms with van der Waals surface area (Å²) in [6, 6.07) is 18.4. The van der Waals surface area contributed by atoms with Gasteiger partial charge < -0.3 is 9.88 Å². The van der Waals surface area contributed by atoms with E-state index < -0.39 is 0 Å². The third kappa shape index (κ3) is 6.24. The molecule has 0 bridgehead atoms. The zero-order valence-electron chi connectivity index (χ0n) is 19.8. The first-order valence-corrected chi connectivity index (χ1v) is 12.6. The zero-order valence-corrected chi connectivity index (χ0v) is 20.6. The number of carbonyl (C=O) groups excluding carboxylic acids is 1. The van der Waals surface area contributed by atoms with E-state index in [1.807, 2.05) is 36.4 Å². The summed E-state index contributed by atoms with van der Waals surface area (Å²) >= 11 is 1.44. The molecule has 0 aliphatic carbocycles. The minimum absolute atomic E-state index is 0.0351. The summed E-state index contributed by atoms with van der Waals surface area (Å²) < 4.78 is 2.16. The number of nitrogens with zero attached hydrogens (tertiary/aromatic N) is 4. The largest absolute Gasteiger partial charge is 0.325 e. The summed E-state index contributed by atoms with van der Waals surface area (Å²) in [5.41, 5.74) is 3.15.